The molecule has 9 nitrogen and oxygen atoms in total. The Balaban J connectivity index is 1.73. The van der Waals surface area contributed by atoms with E-state index in [2.05, 4.69) is 15.0 Å². The lowest BCUT2D eigenvalue weighted by molar-refractivity contribution is -0.386. The summed E-state index contributed by atoms with van der Waals surface area (Å²) in [5.74, 6) is -0.909. The van der Waals surface area contributed by atoms with Crippen LogP contribution in [0.1, 0.15) is 26.3 Å². The maximum absolute atomic E-state index is 12.4. The van der Waals surface area contributed by atoms with Crippen LogP contribution in [0, 0.1) is 10.1 Å². The van der Waals surface area contributed by atoms with Crippen molar-refractivity contribution in [2.45, 2.75) is 6.61 Å². The van der Waals surface area contributed by atoms with E-state index in [-0.39, 0.29) is 35.0 Å². The number of rotatable bonds is 7. The zero-order valence-electron chi connectivity index (χ0n) is 15.9. The molecule has 0 bridgehead atoms. The number of ether oxygens (including phenoxy) is 2. The first kappa shape index (κ1) is 20.5. The van der Waals surface area contributed by atoms with Crippen LogP contribution in [0.15, 0.2) is 66.9 Å². The molecule has 1 amide bonds. The van der Waals surface area contributed by atoms with Crippen LogP contribution in [0.25, 0.3) is 0 Å². The quantitative estimate of drug-likeness (QED) is 0.361. The SMILES string of the molecule is COC(=O)c1ccc(NC(=O)c2ccc(OCc3ccccc3)c([N+](=O)[O-])c2)nc1. The van der Waals surface area contributed by atoms with Gasteiger partial charge in [-0.25, -0.2) is 9.78 Å². The predicted molar refractivity (Wildman–Crippen MR) is 107 cm³/mol. The van der Waals surface area contributed by atoms with Gasteiger partial charge in [-0.15, -0.1) is 0 Å². The average molecular weight is 407 g/mol. The molecule has 1 heterocycles. The highest BCUT2D eigenvalue weighted by molar-refractivity contribution is 6.04. The van der Waals surface area contributed by atoms with Crippen molar-refractivity contribution in [2.24, 2.45) is 0 Å². The Kier molecular flexibility index (Phi) is 6.33. The van der Waals surface area contributed by atoms with Crippen LogP contribution in [0.2, 0.25) is 0 Å². The molecule has 3 rings (SSSR count). The lowest BCUT2D eigenvalue weighted by atomic mass is 10.1. The number of esters is 1. The van der Waals surface area contributed by atoms with E-state index in [0.29, 0.717) is 0 Å². The van der Waals surface area contributed by atoms with Gasteiger partial charge >= 0.3 is 11.7 Å². The minimum absolute atomic E-state index is 0.0564. The van der Waals surface area contributed by atoms with E-state index in [4.69, 9.17) is 4.74 Å². The maximum atomic E-state index is 12.4. The molecule has 0 spiro atoms. The van der Waals surface area contributed by atoms with Gasteiger partial charge in [0, 0.05) is 17.8 Å². The first-order valence-corrected chi connectivity index (χ1v) is 8.79. The van der Waals surface area contributed by atoms with Crippen LogP contribution in [0.5, 0.6) is 5.75 Å². The van der Waals surface area contributed by atoms with Crippen molar-refractivity contribution in [3.63, 3.8) is 0 Å². The van der Waals surface area contributed by atoms with E-state index in [0.717, 1.165) is 11.6 Å². The molecule has 0 aliphatic carbocycles. The van der Waals surface area contributed by atoms with E-state index in [1.54, 1.807) is 0 Å². The Morgan fingerprint density at radius 2 is 1.80 bits per heavy atom. The van der Waals surface area contributed by atoms with E-state index in [1.807, 2.05) is 30.3 Å². The maximum Gasteiger partial charge on any atom is 0.339 e. The molecule has 30 heavy (non-hydrogen) atoms. The average Bonchev–Trinajstić information content (AvgIpc) is 2.78. The van der Waals surface area contributed by atoms with Gasteiger partial charge < -0.3 is 14.8 Å². The van der Waals surface area contributed by atoms with E-state index in [1.165, 1.54) is 37.6 Å². The molecule has 0 unspecified atom stereocenters. The summed E-state index contributed by atoms with van der Waals surface area (Å²) in [5, 5.41) is 14.0. The Morgan fingerprint density at radius 1 is 1.07 bits per heavy atom. The zero-order valence-corrected chi connectivity index (χ0v) is 15.9. The highest BCUT2D eigenvalue weighted by atomic mass is 16.6. The smallest absolute Gasteiger partial charge is 0.339 e. The molecule has 1 N–H and O–H groups in total. The van der Waals surface area contributed by atoms with Gasteiger partial charge in [0.1, 0.15) is 12.4 Å². The predicted octanol–water partition coefficient (Wildman–Crippen LogP) is 3.61. The third-order valence-electron chi connectivity index (χ3n) is 4.08. The largest absolute Gasteiger partial charge is 0.482 e. The van der Waals surface area contributed by atoms with E-state index < -0.39 is 16.8 Å². The molecule has 2 aromatic carbocycles. The highest BCUT2D eigenvalue weighted by Gasteiger charge is 2.19. The topological polar surface area (TPSA) is 121 Å². The number of nitrogens with one attached hydrogen (secondary N) is 1. The van der Waals surface area contributed by atoms with Crippen molar-refractivity contribution in [1.29, 1.82) is 0 Å². The Bertz CT molecular complexity index is 1070. The van der Waals surface area contributed by atoms with Gasteiger partial charge in [0.25, 0.3) is 5.91 Å². The van der Waals surface area contributed by atoms with Crippen LogP contribution in [-0.4, -0.2) is 28.9 Å². The van der Waals surface area contributed by atoms with Gasteiger partial charge in [-0.1, -0.05) is 30.3 Å². The summed E-state index contributed by atoms with van der Waals surface area (Å²) in [6.07, 6.45) is 1.25. The minimum atomic E-state index is -0.611. The van der Waals surface area contributed by atoms with Gasteiger partial charge in [-0.3, -0.25) is 14.9 Å². The van der Waals surface area contributed by atoms with Gasteiger partial charge in [0.15, 0.2) is 5.75 Å². The fourth-order valence-electron chi connectivity index (χ4n) is 2.55. The van der Waals surface area contributed by atoms with Crippen molar-refractivity contribution >= 4 is 23.4 Å². The molecule has 0 aliphatic rings. The summed E-state index contributed by atoms with van der Waals surface area (Å²) >= 11 is 0. The second-order valence-electron chi connectivity index (χ2n) is 6.09. The molecule has 0 saturated carbocycles. The standard InChI is InChI=1S/C21H17N3O6/c1-29-21(26)16-8-10-19(22-12-16)23-20(25)15-7-9-18(17(11-15)24(27)28)30-13-14-5-3-2-4-6-14/h2-12H,13H2,1H3,(H,22,23,25). The van der Waals surface area contributed by atoms with Crippen LogP contribution in [-0.2, 0) is 11.3 Å². The van der Waals surface area contributed by atoms with Crippen molar-refractivity contribution < 1.29 is 24.0 Å². The molecule has 152 valence electrons. The molecule has 0 fully saturated rings. The highest BCUT2D eigenvalue weighted by Crippen LogP contribution is 2.29. The summed E-state index contributed by atoms with van der Waals surface area (Å²) in [6, 6.07) is 16.0. The number of pyridine rings is 1. The van der Waals surface area contributed by atoms with E-state index in [9.17, 15) is 19.7 Å². The van der Waals surface area contributed by atoms with Crippen LogP contribution >= 0.6 is 0 Å². The molecular formula is C21H17N3O6. The number of aromatic nitrogens is 1. The minimum Gasteiger partial charge on any atom is -0.482 e. The van der Waals surface area contributed by atoms with Gasteiger partial charge in [0.2, 0.25) is 0 Å². The fraction of sp³-hybridized carbons (Fsp3) is 0.0952. The summed E-state index contributed by atoms with van der Waals surface area (Å²) in [4.78, 5) is 38.7. The van der Waals surface area contributed by atoms with Gasteiger partial charge in [-0.2, -0.15) is 0 Å². The van der Waals surface area contributed by atoms with Crippen LogP contribution < -0.4 is 10.1 Å². The molecular weight excluding hydrogens is 390 g/mol. The van der Waals surface area contributed by atoms with E-state index >= 15 is 0 Å². The monoisotopic (exact) mass is 407 g/mol. The third-order valence-corrected chi connectivity index (χ3v) is 4.08. The summed E-state index contributed by atoms with van der Waals surface area (Å²) in [5.41, 5.74) is 0.821. The Hall–Kier alpha value is -4.27. The first-order valence-electron chi connectivity index (χ1n) is 8.79. The van der Waals surface area contributed by atoms with Crippen molar-refractivity contribution in [1.82, 2.24) is 4.98 Å². The number of carbonyl (C=O) groups is 2. The molecule has 9 heteroatoms. The number of benzene rings is 2. The van der Waals surface area contributed by atoms with Crippen LogP contribution in [0.3, 0.4) is 0 Å². The number of anilines is 1. The number of nitro groups is 1. The summed E-state index contributed by atoms with van der Waals surface area (Å²) in [7, 11) is 1.25. The van der Waals surface area contributed by atoms with Crippen molar-refractivity contribution in [3.8, 4) is 5.75 Å². The number of hydrogen-bond acceptors (Lipinski definition) is 7. The Morgan fingerprint density at radius 3 is 2.43 bits per heavy atom. The van der Waals surface area contributed by atoms with Gasteiger partial charge in [0.05, 0.1) is 17.6 Å². The van der Waals surface area contributed by atoms with Gasteiger partial charge in [-0.05, 0) is 29.8 Å². The number of carbonyl (C=O) groups excluding carboxylic acids is 2. The first-order chi connectivity index (χ1) is 14.5. The molecule has 0 saturated heterocycles. The lowest BCUT2D eigenvalue weighted by Gasteiger charge is -2.09. The zero-order chi connectivity index (χ0) is 21.5. The lowest BCUT2D eigenvalue weighted by Crippen LogP contribution is -2.14. The van der Waals surface area contributed by atoms with Crippen molar-refractivity contribution in [2.75, 3.05) is 12.4 Å². The number of nitro benzene ring substituents is 1. The number of nitrogens with zero attached hydrogens (tertiary/aromatic N) is 2. The Labute approximate surface area is 171 Å². The number of amides is 1. The molecule has 0 aliphatic heterocycles. The molecule has 0 radical (unpaired) electrons. The second-order valence-corrected chi connectivity index (χ2v) is 6.09. The summed E-state index contributed by atoms with van der Waals surface area (Å²) in [6.45, 7) is 0.156. The second kappa shape index (κ2) is 9.28. The third kappa shape index (κ3) is 4.96. The number of hydrogen-bond donors (Lipinski definition) is 1. The van der Waals surface area contributed by atoms with Crippen LogP contribution in [0.4, 0.5) is 11.5 Å². The number of methoxy groups -OCH3 is 1. The summed E-state index contributed by atoms with van der Waals surface area (Å²) < 4.78 is 10.1. The fourth-order valence-corrected chi connectivity index (χ4v) is 2.55. The normalized spacial score (nSPS) is 10.2. The molecule has 3 aromatic rings. The molecule has 1 aromatic heterocycles. The molecule has 0 atom stereocenters. The van der Waals surface area contributed by atoms with Crippen molar-refractivity contribution in [3.05, 3.63) is 93.7 Å².